The molecule has 0 aliphatic carbocycles. The number of nitrogens with one attached hydrogen (secondary N) is 1. The van der Waals surface area contributed by atoms with E-state index in [1.165, 1.54) is 39.8 Å². The lowest BCUT2D eigenvalue weighted by Gasteiger charge is -2.49. The first kappa shape index (κ1) is 28.1. The van der Waals surface area contributed by atoms with E-state index in [0.717, 1.165) is 16.7 Å². The molecule has 2 amide bonds. The fourth-order valence-corrected chi connectivity index (χ4v) is 8.23. The lowest BCUT2D eigenvalue weighted by molar-refractivity contribution is -0.154. The van der Waals surface area contributed by atoms with Crippen molar-refractivity contribution in [2.24, 2.45) is 0 Å². The molecule has 2 aliphatic heterocycles. The maximum atomic E-state index is 14.0. The normalized spacial score (nSPS) is 17.9. The quantitative estimate of drug-likeness (QED) is 0.200. The summed E-state index contributed by atoms with van der Waals surface area (Å²) >= 11 is 4.10. The van der Waals surface area contributed by atoms with Crippen LogP contribution in [0.3, 0.4) is 0 Å². The molecule has 2 atom stereocenters. The number of β-lactam (4-membered cyclic amide) rings is 1. The van der Waals surface area contributed by atoms with E-state index in [-0.39, 0.29) is 23.9 Å². The number of ether oxygens (including phenoxy) is 1. The number of rotatable bonds is 9. The number of aromatic nitrogens is 1. The molecule has 0 spiro atoms. The minimum absolute atomic E-state index is 0.162. The highest BCUT2D eigenvalue weighted by Gasteiger charge is 2.55. The summed E-state index contributed by atoms with van der Waals surface area (Å²) in [7, 11) is 0. The number of benzene rings is 3. The Morgan fingerprint density at radius 3 is 2.21 bits per heavy atom. The highest BCUT2D eigenvalue weighted by Crippen LogP contribution is 2.46. The summed E-state index contributed by atoms with van der Waals surface area (Å²) in [6, 6.07) is 27.6. The predicted octanol–water partition coefficient (Wildman–Crippen LogP) is 5.00. The smallest absolute Gasteiger partial charge is 0.356 e. The number of thiazole rings is 1. The van der Waals surface area contributed by atoms with Gasteiger partial charge in [0.2, 0.25) is 5.91 Å². The van der Waals surface area contributed by atoms with Crippen molar-refractivity contribution >= 4 is 57.6 Å². The zero-order valence-electron chi connectivity index (χ0n) is 22.2. The topological polar surface area (TPSA) is 115 Å². The van der Waals surface area contributed by atoms with Crippen molar-refractivity contribution in [3.05, 3.63) is 124 Å². The van der Waals surface area contributed by atoms with E-state index >= 15 is 0 Å². The summed E-state index contributed by atoms with van der Waals surface area (Å²) in [6.07, 6.45) is 1.05. The molecule has 1 saturated heterocycles. The average Bonchev–Trinajstić information content (AvgIpc) is 3.43. The second-order valence-corrected chi connectivity index (χ2v) is 13.1. The van der Waals surface area contributed by atoms with Crippen LogP contribution in [0.5, 0.6) is 0 Å². The van der Waals surface area contributed by atoms with Crippen molar-refractivity contribution in [2.75, 3.05) is 11.5 Å². The number of hydrogen-bond donors (Lipinski definition) is 2. The Kier molecular flexibility index (Phi) is 8.31. The highest BCUT2D eigenvalue weighted by molar-refractivity contribution is 8.07. The lowest BCUT2D eigenvalue weighted by Crippen LogP contribution is -2.70. The highest BCUT2D eigenvalue weighted by atomic mass is 32.2. The number of carbonyl (C=O) groups excluding carboxylic acids is 3. The summed E-state index contributed by atoms with van der Waals surface area (Å²) in [4.78, 5) is 46.8. The van der Waals surface area contributed by atoms with Crippen LogP contribution in [0.2, 0.25) is 0 Å². The molecule has 6 rings (SSSR count). The molecule has 0 saturated carbocycles. The van der Waals surface area contributed by atoms with Gasteiger partial charge in [0.15, 0.2) is 10.4 Å². The SMILES string of the molecule is Nc1cnc(SC2=C(C(=O)OC(c3ccccc3)c3ccccc3)N3C(=O)[C@@H](NC(=O)Cc4ccccc4)[C@@H]3SC2)s1. The van der Waals surface area contributed by atoms with Crippen LogP contribution in [-0.4, -0.2) is 44.8 Å². The van der Waals surface area contributed by atoms with Gasteiger partial charge in [-0.25, -0.2) is 9.78 Å². The van der Waals surface area contributed by atoms with Crippen LogP contribution in [0.4, 0.5) is 5.00 Å². The number of amides is 2. The van der Waals surface area contributed by atoms with Gasteiger partial charge in [-0.05, 0) is 16.7 Å². The minimum Gasteiger partial charge on any atom is -0.448 e. The summed E-state index contributed by atoms with van der Waals surface area (Å²) in [5.41, 5.74) is 8.54. The van der Waals surface area contributed by atoms with Crippen LogP contribution < -0.4 is 11.1 Å². The molecule has 0 unspecified atom stereocenters. The van der Waals surface area contributed by atoms with E-state index in [1.54, 1.807) is 6.20 Å². The van der Waals surface area contributed by atoms with Gasteiger partial charge < -0.3 is 15.8 Å². The van der Waals surface area contributed by atoms with E-state index in [9.17, 15) is 14.4 Å². The second-order valence-electron chi connectivity index (χ2n) is 9.63. The first-order valence-electron chi connectivity index (χ1n) is 13.2. The largest absolute Gasteiger partial charge is 0.448 e. The maximum Gasteiger partial charge on any atom is 0.356 e. The van der Waals surface area contributed by atoms with Gasteiger partial charge >= 0.3 is 5.97 Å². The Morgan fingerprint density at radius 1 is 1.00 bits per heavy atom. The predicted molar refractivity (Wildman–Crippen MR) is 165 cm³/mol. The summed E-state index contributed by atoms with van der Waals surface area (Å²) in [5, 5.41) is 3.00. The van der Waals surface area contributed by atoms with Crippen molar-refractivity contribution in [1.82, 2.24) is 15.2 Å². The van der Waals surface area contributed by atoms with Gasteiger partial charge in [0, 0.05) is 10.7 Å². The maximum absolute atomic E-state index is 14.0. The third-order valence-corrected chi connectivity index (χ3v) is 10.2. The molecule has 1 aromatic heterocycles. The van der Waals surface area contributed by atoms with Gasteiger partial charge in [0.05, 0.1) is 12.6 Å². The summed E-state index contributed by atoms with van der Waals surface area (Å²) < 4.78 is 6.85. The van der Waals surface area contributed by atoms with Crippen LogP contribution in [0, 0.1) is 0 Å². The number of thioether (sulfide) groups is 2. The van der Waals surface area contributed by atoms with E-state index in [0.29, 0.717) is 20.0 Å². The van der Waals surface area contributed by atoms with Crippen LogP contribution >= 0.6 is 34.9 Å². The lowest BCUT2D eigenvalue weighted by atomic mass is 10.0. The second kappa shape index (κ2) is 12.4. The molecule has 3 aromatic carbocycles. The number of anilines is 1. The third kappa shape index (κ3) is 5.94. The fraction of sp³-hybridized carbons (Fsp3) is 0.161. The number of nitrogen functional groups attached to an aromatic ring is 1. The molecule has 1 fully saturated rings. The van der Waals surface area contributed by atoms with Gasteiger partial charge in [-0.3, -0.25) is 14.5 Å². The molecule has 4 aromatic rings. The molecule has 11 heteroatoms. The van der Waals surface area contributed by atoms with E-state index in [2.05, 4.69) is 10.3 Å². The summed E-state index contributed by atoms with van der Waals surface area (Å²) in [5.74, 6) is -0.782. The zero-order chi connectivity index (χ0) is 29.1. The standard InChI is InChI=1S/C31H26N4O4S3/c32-23-17-33-31(42-23)41-22-18-40-29-25(34-24(36)16-19-10-4-1-5-11-19)28(37)35(29)26(22)30(38)39-27(20-12-6-2-7-13-20)21-14-8-3-9-15-21/h1-15,17,25,27,29H,16,18,32H2,(H,34,36)/t25-,29+/m1/s1. The van der Waals surface area contributed by atoms with E-state index in [1.807, 2.05) is 91.0 Å². The average molecular weight is 615 g/mol. The number of hydrogen-bond acceptors (Lipinski definition) is 9. The molecule has 0 radical (unpaired) electrons. The molecule has 42 heavy (non-hydrogen) atoms. The first-order chi connectivity index (χ1) is 20.5. The zero-order valence-corrected chi connectivity index (χ0v) is 24.7. The fourth-order valence-electron chi connectivity index (χ4n) is 4.83. The molecule has 3 N–H and O–H groups in total. The monoisotopic (exact) mass is 614 g/mol. The Morgan fingerprint density at radius 2 is 1.62 bits per heavy atom. The number of esters is 1. The molecule has 2 aliphatic rings. The molecule has 3 heterocycles. The first-order valence-corrected chi connectivity index (χ1v) is 15.9. The van der Waals surface area contributed by atoms with Crippen LogP contribution in [-0.2, 0) is 25.5 Å². The van der Waals surface area contributed by atoms with Gasteiger partial charge in [-0.2, -0.15) is 0 Å². The number of carbonyl (C=O) groups is 3. The van der Waals surface area contributed by atoms with Gasteiger partial charge in [0.1, 0.15) is 22.1 Å². The van der Waals surface area contributed by atoms with Crippen molar-refractivity contribution in [2.45, 2.75) is 28.3 Å². The number of nitrogens with two attached hydrogens (primary N) is 1. The summed E-state index contributed by atoms with van der Waals surface area (Å²) in [6.45, 7) is 0. The minimum atomic E-state index is -0.741. The van der Waals surface area contributed by atoms with Crippen molar-refractivity contribution < 1.29 is 19.1 Å². The molecule has 8 nitrogen and oxygen atoms in total. The molecular weight excluding hydrogens is 589 g/mol. The molecular formula is C31H26N4O4S3. The van der Waals surface area contributed by atoms with Gasteiger partial charge in [-0.15, -0.1) is 11.8 Å². The Hall–Kier alpha value is -4.06. The van der Waals surface area contributed by atoms with E-state index < -0.39 is 23.5 Å². The van der Waals surface area contributed by atoms with E-state index in [4.69, 9.17) is 10.5 Å². The van der Waals surface area contributed by atoms with Gasteiger partial charge in [-0.1, -0.05) is 114 Å². The third-order valence-electron chi connectivity index (χ3n) is 6.79. The Labute approximate surface area is 255 Å². The molecule has 0 bridgehead atoms. The van der Waals surface area contributed by atoms with Crippen molar-refractivity contribution in [1.29, 1.82) is 0 Å². The number of fused-ring (bicyclic) bond motifs is 1. The molecule has 212 valence electrons. The van der Waals surface area contributed by atoms with Crippen LogP contribution in [0.15, 0.2) is 112 Å². The Bertz CT molecular complexity index is 1590. The number of nitrogens with zero attached hydrogens (tertiary/aromatic N) is 2. The van der Waals surface area contributed by atoms with Crippen LogP contribution in [0.1, 0.15) is 22.8 Å². The van der Waals surface area contributed by atoms with Gasteiger partial charge in [0.25, 0.3) is 5.91 Å². The van der Waals surface area contributed by atoms with Crippen LogP contribution in [0.25, 0.3) is 0 Å². The van der Waals surface area contributed by atoms with Crippen molar-refractivity contribution in [3.63, 3.8) is 0 Å². The Balaban J connectivity index is 1.28. The van der Waals surface area contributed by atoms with Crippen molar-refractivity contribution in [3.8, 4) is 0 Å².